The van der Waals surface area contributed by atoms with Gasteiger partial charge in [-0.15, -0.1) is 11.8 Å². The maximum Gasteiger partial charge on any atom is 0.398 e. The van der Waals surface area contributed by atoms with Gasteiger partial charge in [0.25, 0.3) is 0 Å². The molecule has 0 spiro atoms. The number of hydrogen-bond acceptors (Lipinski definition) is 5. The molecule has 1 heterocycles. The molecule has 0 fully saturated rings. The minimum atomic E-state index is -4.53. The molecule has 0 N–H and O–H groups in total. The van der Waals surface area contributed by atoms with Gasteiger partial charge in [0.1, 0.15) is 29.1 Å². The van der Waals surface area contributed by atoms with Crippen LogP contribution in [0.1, 0.15) is 52.5 Å². The average Bonchev–Trinajstić information content (AvgIpc) is 3.28. The van der Waals surface area contributed by atoms with Gasteiger partial charge in [0.2, 0.25) is 0 Å². The molecule has 0 saturated carbocycles. The summed E-state index contributed by atoms with van der Waals surface area (Å²) >= 11 is 1.06. The highest BCUT2D eigenvalue weighted by Crippen LogP contribution is 2.43. The van der Waals surface area contributed by atoms with E-state index in [-0.39, 0.29) is 5.75 Å². The van der Waals surface area contributed by atoms with Gasteiger partial charge in [-0.1, -0.05) is 39.7 Å². The monoisotopic (exact) mass is 536 g/mol. The van der Waals surface area contributed by atoms with E-state index < -0.39 is 30.1 Å². The molecule has 1 unspecified atom stereocenters. The number of aryl methyl sites for hydroxylation is 1. The van der Waals surface area contributed by atoms with E-state index in [0.717, 1.165) is 54.6 Å². The molecule has 1 atom stereocenters. The molecule has 1 aromatic heterocycles. The summed E-state index contributed by atoms with van der Waals surface area (Å²) in [5.41, 5.74) is 0.422. The van der Waals surface area contributed by atoms with Gasteiger partial charge >= 0.3 is 12.1 Å². The van der Waals surface area contributed by atoms with Crippen LogP contribution in [0.3, 0.4) is 0 Å². The number of halogens is 3. The van der Waals surface area contributed by atoms with Gasteiger partial charge in [-0.2, -0.15) is 13.2 Å². The zero-order valence-electron chi connectivity index (χ0n) is 22.0. The van der Waals surface area contributed by atoms with E-state index in [9.17, 15) is 18.0 Å². The Labute approximate surface area is 220 Å². The van der Waals surface area contributed by atoms with Crippen molar-refractivity contribution in [1.82, 2.24) is 0 Å². The number of rotatable bonds is 12. The number of carbonyl (C=O) groups excluding carboxylic acids is 1. The van der Waals surface area contributed by atoms with Crippen LogP contribution < -0.4 is 4.74 Å². The highest BCUT2D eigenvalue weighted by Gasteiger charge is 2.52. The van der Waals surface area contributed by atoms with E-state index >= 15 is 0 Å². The Morgan fingerprint density at radius 3 is 2.49 bits per heavy atom. The van der Waals surface area contributed by atoms with Crippen molar-refractivity contribution in [2.24, 2.45) is 11.3 Å². The maximum absolute atomic E-state index is 13.9. The van der Waals surface area contributed by atoms with Gasteiger partial charge < -0.3 is 13.9 Å². The van der Waals surface area contributed by atoms with Crippen molar-refractivity contribution >= 4 is 28.7 Å². The predicted molar refractivity (Wildman–Crippen MR) is 142 cm³/mol. The van der Waals surface area contributed by atoms with Crippen LogP contribution in [-0.4, -0.2) is 31.6 Å². The first-order chi connectivity index (χ1) is 17.5. The Balaban J connectivity index is 1.78. The Hall–Kier alpha value is -2.61. The number of thioether (sulfide) groups is 1. The van der Waals surface area contributed by atoms with E-state index in [1.54, 1.807) is 33.1 Å². The number of furan rings is 1. The summed E-state index contributed by atoms with van der Waals surface area (Å²) in [5.74, 6) is -0.0748. The Morgan fingerprint density at radius 2 is 1.84 bits per heavy atom. The van der Waals surface area contributed by atoms with E-state index in [4.69, 9.17) is 13.9 Å². The number of unbranched alkanes of at least 4 members (excludes halogenated alkanes) is 2. The fourth-order valence-electron chi connectivity index (χ4n) is 3.75. The lowest BCUT2D eigenvalue weighted by Crippen LogP contribution is -2.42. The van der Waals surface area contributed by atoms with Crippen LogP contribution in [0, 0.1) is 11.3 Å². The average molecular weight is 537 g/mol. The first-order valence-electron chi connectivity index (χ1n) is 12.5. The summed E-state index contributed by atoms with van der Waals surface area (Å²) in [4.78, 5) is 12.4. The number of carbonyl (C=O) groups is 1. The largest absolute Gasteiger partial charge is 0.496 e. The smallest absolute Gasteiger partial charge is 0.398 e. The summed E-state index contributed by atoms with van der Waals surface area (Å²) in [5, 5.41) is 0.845. The second kappa shape index (κ2) is 12.3. The predicted octanol–water partition coefficient (Wildman–Crippen LogP) is 8.70. The fourth-order valence-corrected chi connectivity index (χ4v) is 4.84. The van der Waals surface area contributed by atoms with Crippen molar-refractivity contribution in [2.45, 2.75) is 64.5 Å². The van der Waals surface area contributed by atoms with Crippen molar-refractivity contribution in [3.8, 4) is 17.1 Å². The quantitative estimate of drug-likeness (QED) is 0.132. The number of ether oxygens (including phenoxy) is 2. The zero-order chi connectivity index (χ0) is 27.2. The third-order valence-corrected chi connectivity index (χ3v) is 7.71. The van der Waals surface area contributed by atoms with E-state index in [0.29, 0.717) is 16.2 Å². The molecule has 3 aromatic rings. The van der Waals surface area contributed by atoms with E-state index in [1.807, 2.05) is 24.3 Å². The zero-order valence-corrected chi connectivity index (χ0v) is 22.9. The third-order valence-electron chi connectivity index (χ3n) is 6.34. The lowest BCUT2D eigenvalue weighted by molar-refractivity contribution is -0.224. The number of methoxy groups -OCH3 is 1. The normalized spacial score (nSPS) is 13.6. The molecule has 202 valence electrons. The van der Waals surface area contributed by atoms with Crippen molar-refractivity contribution in [1.29, 1.82) is 0 Å². The van der Waals surface area contributed by atoms with Crippen LogP contribution in [0.4, 0.5) is 13.2 Å². The number of hydrogen-bond donors (Lipinski definition) is 0. The summed E-state index contributed by atoms with van der Waals surface area (Å²) in [6.07, 6.45) is -0.0798. The topological polar surface area (TPSA) is 48.7 Å². The minimum absolute atomic E-state index is 0.297. The van der Waals surface area contributed by atoms with Gasteiger partial charge in [0.15, 0.2) is 0 Å². The molecular weight excluding hydrogens is 501 g/mol. The molecule has 0 aliphatic heterocycles. The number of fused-ring (bicyclic) bond motifs is 1. The minimum Gasteiger partial charge on any atom is -0.496 e. The second-order valence-electron chi connectivity index (χ2n) is 9.91. The van der Waals surface area contributed by atoms with Crippen molar-refractivity contribution < 1.29 is 31.9 Å². The summed E-state index contributed by atoms with van der Waals surface area (Å²) < 4.78 is 58.2. The number of alkyl halides is 3. The van der Waals surface area contributed by atoms with Gasteiger partial charge in [-0.05, 0) is 61.7 Å². The van der Waals surface area contributed by atoms with Crippen molar-refractivity contribution in [2.75, 3.05) is 19.5 Å². The molecule has 4 nitrogen and oxygen atoms in total. The molecule has 8 heteroatoms. The first-order valence-corrected chi connectivity index (χ1v) is 13.5. The third kappa shape index (κ3) is 7.24. The van der Waals surface area contributed by atoms with Crippen LogP contribution >= 0.6 is 11.8 Å². The van der Waals surface area contributed by atoms with Crippen LogP contribution in [0.25, 0.3) is 22.3 Å². The number of benzene rings is 2. The molecule has 0 aliphatic rings. The molecule has 3 rings (SSSR count). The summed E-state index contributed by atoms with van der Waals surface area (Å²) in [6.45, 7) is 5.71. The van der Waals surface area contributed by atoms with E-state index in [2.05, 4.69) is 13.0 Å². The second-order valence-corrected chi connectivity index (χ2v) is 11.0. The Bertz CT molecular complexity index is 1200. The molecule has 2 aromatic carbocycles. The van der Waals surface area contributed by atoms with Crippen LogP contribution in [0.5, 0.6) is 5.75 Å². The van der Waals surface area contributed by atoms with Crippen molar-refractivity contribution in [3.63, 3.8) is 0 Å². The SMILES string of the molecule is CCCCCc1ccc(-c2cc3ccc(SCC(C)(COC(=O)C(C)C)C(F)(F)F)cc3o2)c(OC)c1. The van der Waals surface area contributed by atoms with Gasteiger partial charge in [-0.3, -0.25) is 4.79 Å². The molecule has 0 amide bonds. The molecule has 37 heavy (non-hydrogen) atoms. The lowest BCUT2D eigenvalue weighted by Gasteiger charge is -2.31. The standard InChI is InChI=1S/C29H35F3O4S/c1-6-7-8-9-20-10-13-23(25(14-20)34-5)26-15-21-11-12-22(16-24(21)36-26)37-18-28(4,29(30,31)32)17-35-27(33)19(2)3/h10-16,19H,6-9,17-18H2,1-5H3. The van der Waals surface area contributed by atoms with Crippen LogP contribution in [-0.2, 0) is 16.0 Å². The van der Waals surface area contributed by atoms with Crippen LogP contribution in [0.2, 0.25) is 0 Å². The highest BCUT2D eigenvalue weighted by atomic mass is 32.2. The fraction of sp³-hybridized carbons (Fsp3) is 0.483. The maximum atomic E-state index is 13.9. The molecular formula is C29H35F3O4S. The molecule has 0 saturated heterocycles. The Kier molecular flexibility index (Phi) is 9.62. The van der Waals surface area contributed by atoms with Crippen LogP contribution in [0.15, 0.2) is 51.8 Å². The van der Waals surface area contributed by atoms with Gasteiger partial charge in [0, 0.05) is 16.0 Å². The van der Waals surface area contributed by atoms with Crippen molar-refractivity contribution in [3.05, 3.63) is 48.0 Å². The molecule has 0 bridgehead atoms. The summed E-state index contributed by atoms with van der Waals surface area (Å²) in [7, 11) is 1.63. The number of esters is 1. The van der Waals surface area contributed by atoms with Gasteiger partial charge in [-0.25, -0.2) is 0 Å². The Morgan fingerprint density at radius 1 is 1.08 bits per heavy atom. The highest BCUT2D eigenvalue weighted by molar-refractivity contribution is 7.99. The van der Waals surface area contributed by atoms with Gasteiger partial charge in [0.05, 0.1) is 18.6 Å². The first kappa shape index (κ1) is 29.0. The molecule has 0 aliphatic carbocycles. The summed E-state index contributed by atoms with van der Waals surface area (Å²) in [6, 6.07) is 13.4. The molecule has 0 radical (unpaired) electrons. The van der Waals surface area contributed by atoms with E-state index in [1.165, 1.54) is 12.0 Å². The lowest BCUT2D eigenvalue weighted by atomic mass is 9.94.